The van der Waals surface area contributed by atoms with Crippen molar-refractivity contribution in [3.63, 3.8) is 0 Å². The largest absolute Gasteiger partial charge is 0.246 e. The molecule has 0 saturated carbocycles. The molecule has 106 valence electrons. The Kier molecular flexibility index (Phi) is 3.35. The normalized spacial score (nSPS) is 16.1. The minimum Gasteiger partial charge on any atom is -0.207 e. The second kappa shape index (κ2) is 4.91. The number of benzene rings is 1. The van der Waals surface area contributed by atoms with Crippen molar-refractivity contribution >= 4 is 21.4 Å². The second-order valence-electron chi connectivity index (χ2n) is 4.53. The maximum atomic E-state index is 13.7. The van der Waals surface area contributed by atoms with Crippen LogP contribution in [0.1, 0.15) is 10.4 Å². The van der Waals surface area contributed by atoms with Gasteiger partial charge in [-0.3, -0.25) is 0 Å². The van der Waals surface area contributed by atoms with E-state index in [9.17, 15) is 17.2 Å². The molecule has 1 aliphatic heterocycles. The van der Waals surface area contributed by atoms with E-state index in [0.29, 0.717) is 19.0 Å². The van der Waals surface area contributed by atoms with Crippen LogP contribution in [0, 0.1) is 11.6 Å². The first-order valence-electron chi connectivity index (χ1n) is 5.99. The Labute approximate surface area is 119 Å². The van der Waals surface area contributed by atoms with E-state index < -0.39 is 26.6 Å². The van der Waals surface area contributed by atoms with E-state index in [1.165, 1.54) is 4.31 Å². The van der Waals surface area contributed by atoms with Gasteiger partial charge in [0.2, 0.25) is 10.0 Å². The predicted molar refractivity (Wildman–Crippen MR) is 72.0 cm³/mol. The number of sulfonamides is 1. The maximum Gasteiger partial charge on any atom is 0.246 e. The molecule has 0 fully saturated rings. The van der Waals surface area contributed by atoms with E-state index in [0.717, 1.165) is 22.6 Å². The summed E-state index contributed by atoms with van der Waals surface area (Å²) in [6, 6.07) is 4.40. The molecule has 1 aromatic heterocycles. The van der Waals surface area contributed by atoms with Gasteiger partial charge in [-0.05, 0) is 35.6 Å². The Hall–Kier alpha value is -1.31. The Balaban J connectivity index is 1.97. The van der Waals surface area contributed by atoms with Crippen molar-refractivity contribution in [1.29, 1.82) is 0 Å². The van der Waals surface area contributed by atoms with Crippen LogP contribution in [-0.4, -0.2) is 19.3 Å². The molecule has 0 spiro atoms. The van der Waals surface area contributed by atoms with Crippen molar-refractivity contribution in [2.75, 3.05) is 6.54 Å². The molecule has 0 unspecified atom stereocenters. The van der Waals surface area contributed by atoms with Crippen molar-refractivity contribution in [2.45, 2.75) is 17.9 Å². The summed E-state index contributed by atoms with van der Waals surface area (Å²) in [5, 5.41) is 1.92. The van der Waals surface area contributed by atoms with Crippen LogP contribution in [0.3, 0.4) is 0 Å². The Morgan fingerprint density at radius 3 is 2.75 bits per heavy atom. The lowest BCUT2D eigenvalue weighted by atomic mass is 10.1. The van der Waals surface area contributed by atoms with Crippen LogP contribution in [0.2, 0.25) is 0 Å². The van der Waals surface area contributed by atoms with Gasteiger partial charge < -0.3 is 0 Å². The average Bonchev–Trinajstić information content (AvgIpc) is 2.85. The second-order valence-corrected chi connectivity index (χ2v) is 7.44. The fourth-order valence-electron chi connectivity index (χ4n) is 2.25. The monoisotopic (exact) mass is 315 g/mol. The SMILES string of the molecule is O=S(=O)(c1ccc(F)cc1F)N1CCc2sccc2C1. The van der Waals surface area contributed by atoms with Crippen LogP contribution < -0.4 is 0 Å². The van der Waals surface area contributed by atoms with Gasteiger partial charge in [0.25, 0.3) is 0 Å². The van der Waals surface area contributed by atoms with Crippen molar-refractivity contribution in [3.05, 3.63) is 51.7 Å². The van der Waals surface area contributed by atoms with Gasteiger partial charge in [0.15, 0.2) is 0 Å². The molecule has 0 saturated heterocycles. The number of nitrogens with zero attached hydrogens (tertiary/aromatic N) is 1. The van der Waals surface area contributed by atoms with E-state index in [1.54, 1.807) is 11.3 Å². The molecule has 1 aromatic carbocycles. The molecule has 3 rings (SSSR count). The molecule has 7 heteroatoms. The van der Waals surface area contributed by atoms with Crippen LogP contribution in [0.25, 0.3) is 0 Å². The highest BCUT2D eigenvalue weighted by Gasteiger charge is 2.30. The maximum absolute atomic E-state index is 13.7. The topological polar surface area (TPSA) is 37.4 Å². The van der Waals surface area contributed by atoms with Crippen LogP contribution >= 0.6 is 11.3 Å². The molecule has 1 aliphatic rings. The van der Waals surface area contributed by atoms with Gasteiger partial charge in [-0.2, -0.15) is 4.31 Å². The Morgan fingerprint density at radius 2 is 2.00 bits per heavy atom. The fourth-order valence-corrected chi connectivity index (χ4v) is 4.61. The van der Waals surface area contributed by atoms with E-state index in [4.69, 9.17) is 0 Å². The van der Waals surface area contributed by atoms with Crippen molar-refractivity contribution in [3.8, 4) is 0 Å². The van der Waals surface area contributed by atoms with Gasteiger partial charge in [0.05, 0.1) is 0 Å². The third-order valence-electron chi connectivity index (χ3n) is 3.28. The third-order valence-corrected chi connectivity index (χ3v) is 6.19. The lowest BCUT2D eigenvalue weighted by Gasteiger charge is -2.26. The van der Waals surface area contributed by atoms with Crippen LogP contribution in [0.5, 0.6) is 0 Å². The number of halogens is 2. The zero-order valence-corrected chi connectivity index (χ0v) is 12.0. The van der Waals surface area contributed by atoms with Crippen LogP contribution in [0.4, 0.5) is 8.78 Å². The summed E-state index contributed by atoms with van der Waals surface area (Å²) < 4.78 is 52.6. The van der Waals surface area contributed by atoms with Gasteiger partial charge in [0, 0.05) is 24.0 Å². The molecular weight excluding hydrogens is 304 g/mol. The number of hydrogen-bond acceptors (Lipinski definition) is 3. The molecule has 20 heavy (non-hydrogen) atoms. The third kappa shape index (κ3) is 2.25. The summed E-state index contributed by atoms with van der Waals surface area (Å²) in [5.41, 5.74) is 0.951. The first kappa shape index (κ1) is 13.7. The van der Waals surface area contributed by atoms with E-state index in [-0.39, 0.29) is 6.54 Å². The first-order valence-corrected chi connectivity index (χ1v) is 8.31. The van der Waals surface area contributed by atoms with Gasteiger partial charge >= 0.3 is 0 Å². The molecular formula is C13H11F2NO2S2. The average molecular weight is 315 g/mol. The highest BCUT2D eigenvalue weighted by Crippen LogP contribution is 2.29. The molecule has 0 atom stereocenters. The zero-order valence-electron chi connectivity index (χ0n) is 10.3. The zero-order chi connectivity index (χ0) is 14.3. The van der Waals surface area contributed by atoms with Gasteiger partial charge in [-0.1, -0.05) is 0 Å². The van der Waals surface area contributed by atoms with E-state index in [2.05, 4.69) is 0 Å². The summed E-state index contributed by atoms with van der Waals surface area (Å²) in [5.74, 6) is -1.85. The summed E-state index contributed by atoms with van der Waals surface area (Å²) in [7, 11) is -3.93. The highest BCUT2D eigenvalue weighted by atomic mass is 32.2. The van der Waals surface area contributed by atoms with Gasteiger partial charge in [-0.25, -0.2) is 17.2 Å². The standard InChI is InChI=1S/C13H11F2NO2S2/c14-10-1-2-13(11(15)7-10)20(17,18)16-5-3-12-9(8-16)4-6-19-12/h1-2,4,6-7H,3,5,8H2. The number of thiophene rings is 1. The molecule has 0 N–H and O–H groups in total. The van der Waals surface area contributed by atoms with Crippen LogP contribution in [-0.2, 0) is 23.0 Å². The van der Waals surface area contributed by atoms with Crippen molar-refractivity contribution < 1.29 is 17.2 Å². The summed E-state index contributed by atoms with van der Waals surface area (Å²) in [4.78, 5) is 0.689. The molecule has 2 heterocycles. The summed E-state index contributed by atoms with van der Waals surface area (Å²) in [6.45, 7) is 0.546. The minimum absolute atomic E-state index is 0.234. The molecule has 0 bridgehead atoms. The Bertz CT molecular complexity index is 755. The van der Waals surface area contributed by atoms with Crippen molar-refractivity contribution in [2.24, 2.45) is 0 Å². The molecule has 3 nitrogen and oxygen atoms in total. The highest BCUT2D eigenvalue weighted by molar-refractivity contribution is 7.89. The van der Waals surface area contributed by atoms with Crippen LogP contribution in [0.15, 0.2) is 34.5 Å². The molecule has 2 aromatic rings. The Morgan fingerprint density at radius 1 is 1.20 bits per heavy atom. The molecule has 0 radical (unpaired) electrons. The minimum atomic E-state index is -3.93. The fraction of sp³-hybridized carbons (Fsp3) is 0.231. The van der Waals surface area contributed by atoms with E-state index in [1.807, 2.05) is 11.4 Å². The molecule has 0 amide bonds. The van der Waals surface area contributed by atoms with E-state index >= 15 is 0 Å². The van der Waals surface area contributed by atoms with Gasteiger partial charge in [0.1, 0.15) is 16.5 Å². The smallest absolute Gasteiger partial charge is 0.207 e. The lowest BCUT2D eigenvalue weighted by molar-refractivity contribution is 0.391. The number of rotatable bonds is 2. The number of fused-ring (bicyclic) bond motifs is 1. The predicted octanol–water partition coefficient (Wildman–Crippen LogP) is 2.77. The first-order chi connectivity index (χ1) is 9.48. The number of hydrogen-bond donors (Lipinski definition) is 0. The quantitative estimate of drug-likeness (QED) is 0.854. The summed E-state index contributed by atoms with van der Waals surface area (Å²) in [6.07, 6.45) is 0.620. The van der Waals surface area contributed by atoms with Gasteiger partial charge in [-0.15, -0.1) is 11.3 Å². The summed E-state index contributed by atoms with van der Waals surface area (Å²) >= 11 is 1.59. The molecule has 0 aliphatic carbocycles. The van der Waals surface area contributed by atoms with Crippen molar-refractivity contribution in [1.82, 2.24) is 4.31 Å². The lowest BCUT2D eigenvalue weighted by Crippen LogP contribution is -2.35.